The third kappa shape index (κ3) is 3.82. The molecule has 1 aliphatic heterocycles. The fourth-order valence-electron chi connectivity index (χ4n) is 3.63. The van der Waals surface area contributed by atoms with Crippen molar-refractivity contribution in [1.29, 1.82) is 0 Å². The standard InChI is InChI=1S/C23H27NO2/c1-5-11-21-19-15-10-9-14-18(19)20(17-12-7-6-8-13-17)16-24(21)22(25)26-23(2,3)4/h5-10,12-15,20-21H,1,11,16H2,2-4H3/t20-,21+/m0/s1. The number of amides is 1. The number of ether oxygens (including phenoxy) is 1. The van der Waals surface area contributed by atoms with E-state index >= 15 is 0 Å². The molecule has 0 radical (unpaired) electrons. The van der Waals surface area contributed by atoms with Crippen LogP contribution in [-0.4, -0.2) is 23.1 Å². The van der Waals surface area contributed by atoms with E-state index in [0.29, 0.717) is 13.0 Å². The Balaban J connectivity index is 2.05. The maximum Gasteiger partial charge on any atom is 0.410 e. The summed E-state index contributed by atoms with van der Waals surface area (Å²) in [5.74, 6) is 0.140. The number of benzene rings is 2. The van der Waals surface area contributed by atoms with Gasteiger partial charge in [-0.2, -0.15) is 0 Å². The first-order chi connectivity index (χ1) is 12.4. The molecular weight excluding hydrogens is 322 g/mol. The molecular formula is C23H27NO2. The first kappa shape index (κ1) is 18.2. The molecule has 0 aromatic heterocycles. The Morgan fingerprint density at radius 3 is 2.35 bits per heavy atom. The smallest absolute Gasteiger partial charge is 0.410 e. The molecule has 3 nitrogen and oxygen atoms in total. The molecule has 0 saturated heterocycles. The monoisotopic (exact) mass is 349 g/mol. The van der Waals surface area contributed by atoms with Crippen LogP contribution in [0, 0.1) is 0 Å². The number of nitrogens with zero attached hydrogens (tertiary/aromatic N) is 1. The summed E-state index contributed by atoms with van der Waals surface area (Å²) < 4.78 is 5.71. The average molecular weight is 349 g/mol. The van der Waals surface area contributed by atoms with Gasteiger partial charge in [-0.25, -0.2) is 4.79 Å². The lowest BCUT2D eigenvalue weighted by Crippen LogP contribution is -2.44. The summed E-state index contributed by atoms with van der Waals surface area (Å²) in [6.45, 7) is 10.2. The molecule has 0 unspecified atom stereocenters. The molecule has 2 aromatic rings. The topological polar surface area (TPSA) is 29.5 Å². The first-order valence-corrected chi connectivity index (χ1v) is 9.15. The van der Waals surface area contributed by atoms with E-state index in [0.717, 1.165) is 0 Å². The molecule has 1 amide bonds. The maximum atomic E-state index is 13.0. The van der Waals surface area contributed by atoms with Gasteiger partial charge in [-0.1, -0.05) is 60.7 Å². The van der Waals surface area contributed by atoms with Crippen molar-refractivity contribution in [2.75, 3.05) is 6.54 Å². The van der Waals surface area contributed by atoms with Crippen molar-refractivity contribution in [1.82, 2.24) is 4.90 Å². The van der Waals surface area contributed by atoms with Gasteiger partial charge in [0, 0.05) is 12.5 Å². The van der Waals surface area contributed by atoms with Gasteiger partial charge in [-0.3, -0.25) is 4.90 Å². The van der Waals surface area contributed by atoms with Crippen molar-refractivity contribution in [3.05, 3.63) is 83.9 Å². The molecule has 0 bridgehead atoms. The Kier molecular flexibility index (Phi) is 5.17. The van der Waals surface area contributed by atoms with Crippen LogP contribution in [-0.2, 0) is 4.74 Å². The van der Waals surface area contributed by atoms with Gasteiger partial charge in [-0.05, 0) is 43.9 Å². The molecule has 0 aliphatic carbocycles. The zero-order valence-corrected chi connectivity index (χ0v) is 15.8. The minimum absolute atomic E-state index is 0.0430. The normalized spacial score (nSPS) is 19.6. The predicted molar refractivity (Wildman–Crippen MR) is 105 cm³/mol. The molecule has 1 aliphatic rings. The SMILES string of the molecule is C=CC[C@@H]1c2ccccc2[C@H](c2ccccc2)CN1C(=O)OC(C)(C)C. The highest BCUT2D eigenvalue weighted by atomic mass is 16.6. The van der Waals surface area contributed by atoms with Gasteiger partial charge >= 0.3 is 6.09 Å². The Labute approximate surface area is 156 Å². The van der Waals surface area contributed by atoms with Crippen molar-refractivity contribution >= 4 is 6.09 Å². The zero-order chi connectivity index (χ0) is 18.7. The van der Waals surface area contributed by atoms with Crippen molar-refractivity contribution in [3.8, 4) is 0 Å². The Hall–Kier alpha value is -2.55. The van der Waals surface area contributed by atoms with Crippen LogP contribution in [0.2, 0.25) is 0 Å². The van der Waals surface area contributed by atoms with E-state index in [-0.39, 0.29) is 18.1 Å². The number of fused-ring (bicyclic) bond motifs is 1. The zero-order valence-electron chi connectivity index (χ0n) is 15.8. The van der Waals surface area contributed by atoms with Crippen molar-refractivity contribution in [3.63, 3.8) is 0 Å². The predicted octanol–water partition coefficient (Wildman–Crippen LogP) is 5.69. The molecule has 0 fully saturated rings. The van der Waals surface area contributed by atoms with Crippen LogP contribution < -0.4 is 0 Å². The molecule has 26 heavy (non-hydrogen) atoms. The van der Waals surface area contributed by atoms with E-state index < -0.39 is 5.60 Å². The van der Waals surface area contributed by atoms with Crippen LogP contribution in [0.15, 0.2) is 67.3 Å². The third-order valence-corrected chi connectivity index (χ3v) is 4.71. The minimum atomic E-state index is -0.519. The van der Waals surface area contributed by atoms with E-state index in [1.807, 2.05) is 56.0 Å². The minimum Gasteiger partial charge on any atom is -0.444 e. The Morgan fingerprint density at radius 2 is 1.73 bits per heavy atom. The Morgan fingerprint density at radius 1 is 1.12 bits per heavy atom. The lowest BCUT2D eigenvalue weighted by molar-refractivity contribution is 0.0131. The largest absolute Gasteiger partial charge is 0.444 e. The van der Waals surface area contributed by atoms with E-state index in [1.165, 1.54) is 16.7 Å². The van der Waals surface area contributed by atoms with Crippen molar-refractivity contribution in [2.45, 2.75) is 44.8 Å². The van der Waals surface area contributed by atoms with E-state index in [9.17, 15) is 4.79 Å². The number of rotatable bonds is 3. The first-order valence-electron chi connectivity index (χ1n) is 9.15. The molecule has 0 saturated carbocycles. The quantitative estimate of drug-likeness (QED) is 0.667. The van der Waals surface area contributed by atoms with E-state index in [4.69, 9.17) is 4.74 Å². The van der Waals surface area contributed by atoms with Crippen LogP contribution in [0.4, 0.5) is 4.79 Å². The molecule has 0 N–H and O–H groups in total. The van der Waals surface area contributed by atoms with Gasteiger partial charge in [0.15, 0.2) is 0 Å². The van der Waals surface area contributed by atoms with Crippen molar-refractivity contribution < 1.29 is 9.53 Å². The summed E-state index contributed by atoms with van der Waals surface area (Å²) in [5, 5.41) is 0. The molecule has 2 atom stereocenters. The second kappa shape index (κ2) is 7.36. The van der Waals surface area contributed by atoms with Gasteiger partial charge in [-0.15, -0.1) is 6.58 Å². The molecule has 3 heteroatoms. The van der Waals surface area contributed by atoms with Crippen LogP contribution in [0.3, 0.4) is 0 Å². The van der Waals surface area contributed by atoms with Crippen molar-refractivity contribution in [2.24, 2.45) is 0 Å². The lowest BCUT2D eigenvalue weighted by atomic mass is 9.80. The van der Waals surface area contributed by atoms with E-state index in [2.05, 4.69) is 36.9 Å². The Bertz CT molecular complexity index is 776. The molecule has 1 heterocycles. The fourth-order valence-corrected chi connectivity index (χ4v) is 3.63. The van der Waals surface area contributed by atoms with Gasteiger partial charge in [0.25, 0.3) is 0 Å². The molecule has 136 valence electrons. The van der Waals surface area contributed by atoms with Gasteiger partial charge in [0.05, 0.1) is 6.04 Å². The van der Waals surface area contributed by atoms with Gasteiger partial charge < -0.3 is 4.74 Å². The number of hydrogen-bond donors (Lipinski definition) is 0. The second-order valence-electron chi connectivity index (χ2n) is 7.77. The summed E-state index contributed by atoms with van der Waals surface area (Å²) in [6, 6.07) is 18.7. The number of hydrogen-bond acceptors (Lipinski definition) is 2. The van der Waals surface area contributed by atoms with Crippen LogP contribution >= 0.6 is 0 Å². The molecule has 3 rings (SSSR count). The summed E-state index contributed by atoms with van der Waals surface area (Å²) in [7, 11) is 0. The summed E-state index contributed by atoms with van der Waals surface area (Å²) in [6.07, 6.45) is 2.32. The van der Waals surface area contributed by atoms with Gasteiger partial charge in [0.2, 0.25) is 0 Å². The van der Waals surface area contributed by atoms with E-state index in [1.54, 1.807) is 0 Å². The third-order valence-electron chi connectivity index (χ3n) is 4.71. The van der Waals surface area contributed by atoms with Gasteiger partial charge in [0.1, 0.15) is 5.60 Å². The molecule has 0 spiro atoms. The highest BCUT2D eigenvalue weighted by Gasteiger charge is 2.37. The highest BCUT2D eigenvalue weighted by Crippen LogP contribution is 2.41. The fraction of sp³-hybridized carbons (Fsp3) is 0.348. The average Bonchev–Trinajstić information content (AvgIpc) is 2.61. The van der Waals surface area contributed by atoms with Crippen LogP contribution in [0.1, 0.15) is 55.8 Å². The highest BCUT2D eigenvalue weighted by molar-refractivity contribution is 5.70. The number of carbonyl (C=O) groups is 1. The second-order valence-corrected chi connectivity index (χ2v) is 7.77. The summed E-state index contributed by atoms with van der Waals surface area (Å²) in [4.78, 5) is 14.8. The maximum absolute atomic E-state index is 13.0. The number of carbonyl (C=O) groups excluding carboxylic acids is 1. The lowest BCUT2D eigenvalue weighted by Gasteiger charge is -2.41. The summed E-state index contributed by atoms with van der Waals surface area (Å²) >= 11 is 0. The van der Waals surface area contributed by atoms with Crippen LogP contribution in [0.5, 0.6) is 0 Å². The molecule has 2 aromatic carbocycles. The summed E-state index contributed by atoms with van der Waals surface area (Å²) in [5.41, 5.74) is 3.16. The van der Waals surface area contributed by atoms with Crippen LogP contribution in [0.25, 0.3) is 0 Å².